The van der Waals surface area contributed by atoms with Crippen LogP contribution in [0.3, 0.4) is 0 Å². The molecule has 23 heavy (non-hydrogen) atoms. The Hall–Kier alpha value is -0.820. The van der Waals surface area contributed by atoms with Gasteiger partial charge in [0.25, 0.3) is 0 Å². The lowest BCUT2D eigenvalue weighted by Gasteiger charge is -2.32. The maximum atomic E-state index is 4.47. The molecule has 0 unspecified atom stereocenters. The smallest absolute Gasteiger partial charge is 0.194 e. The zero-order valence-electron chi connectivity index (χ0n) is 14.9. The Morgan fingerprint density at radius 3 is 2.61 bits per heavy atom. The molecule has 1 aromatic carbocycles. The van der Waals surface area contributed by atoms with Crippen LogP contribution in [0, 0.1) is 0 Å². The second kappa shape index (κ2) is 10.1. The number of rotatable bonds is 5. The van der Waals surface area contributed by atoms with Crippen molar-refractivity contribution in [3.63, 3.8) is 0 Å². The van der Waals surface area contributed by atoms with Gasteiger partial charge in [-0.2, -0.15) is 0 Å². The van der Waals surface area contributed by atoms with Crippen molar-refractivity contribution in [1.82, 2.24) is 15.1 Å². The summed E-state index contributed by atoms with van der Waals surface area (Å²) in [6.07, 6.45) is 1.10. The van der Waals surface area contributed by atoms with Crippen LogP contribution in [0.5, 0.6) is 0 Å². The fraction of sp³-hybridized carbons (Fsp3) is 0.611. The maximum absolute atomic E-state index is 4.47. The van der Waals surface area contributed by atoms with E-state index in [9.17, 15) is 0 Å². The van der Waals surface area contributed by atoms with Crippen molar-refractivity contribution in [2.45, 2.75) is 39.8 Å². The van der Waals surface area contributed by atoms with Crippen LogP contribution in [0.15, 0.2) is 29.3 Å². The molecule has 0 aromatic heterocycles. The molecule has 0 atom stereocenters. The topological polar surface area (TPSA) is 30.9 Å². The van der Waals surface area contributed by atoms with Gasteiger partial charge in [0.1, 0.15) is 0 Å². The van der Waals surface area contributed by atoms with Gasteiger partial charge in [-0.25, -0.2) is 0 Å². The number of nitrogens with zero attached hydrogens (tertiary/aromatic N) is 3. The molecule has 1 aromatic rings. The Morgan fingerprint density at radius 1 is 1.30 bits per heavy atom. The molecule has 1 aliphatic rings. The molecule has 1 N–H and O–H groups in total. The molecule has 5 heteroatoms. The van der Waals surface area contributed by atoms with Gasteiger partial charge in [-0.15, -0.1) is 24.0 Å². The van der Waals surface area contributed by atoms with E-state index in [0.717, 1.165) is 45.1 Å². The van der Waals surface area contributed by atoms with E-state index in [1.165, 1.54) is 11.1 Å². The quantitative estimate of drug-likeness (QED) is 0.443. The zero-order chi connectivity index (χ0) is 15.9. The third-order valence-electron chi connectivity index (χ3n) is 4.46. The normalized spacial score (nSPS) is 14.7. The van der Waals surface area contributed by atoms with Crippen molar-refractivity contribution in [3.05, 3.63) is 35.4 Å². The summed E-state index contributed by atoms with van der Waals surface area (Å²) in [4.78, 5) is 9.28. The van der Waals surface area contributed by atoms with Gasteiger partial charge < -0.3 is 10.2 Å². The van der Waals surface area contributed by atoms with Crippen LogP contribution in [0.25, 0.3) is 0 Å². The molecule has 2 rings (SSSR count). The van der Waals surface area contributed by atoms with E-state index in [1.807, 2.05) is 7.05 Å². The van der Waals surface area contributed by atoms with Crippen LogP contribution in [0.4, 0.5) is 0 Å². The van der Waals surface area contributed by atoms with Crippen molar-refractivity contribution in [2.24, 2.45) is 4.99 Å². The molecule has 0 aliphatic carbocycles. The maximum Gasteiger partial charge on any atom is 0.194 e. The van der Waals surface area contributed by atoms with E-state index >= 15 is 0 Å². The molecular formula is C18H31IN4. The molecule has 1 heterocycles. The number of halogens is 1. The first-order chi connectivity index (χ1) is 10.7. The van der Waals surface area contributed by atoms with Crippen LogP contribution < -0.4 is 5.32 Å². The Labute approximate surface area is 158 Å². The van der Waals surface area contributed by atoms with Crippen molar-refractivity contribution >= 4 is 29.9 Å². The molecule has 4 nitrogen and oxygen atoms in total. The van der Waals surface area contributed by atoms with Crippen LogP contribution in [0.1, 0.15) is 31.9 Å². The van der Waals surface area contributed by atoms with Gasteiger partial charge >= 0.3 is 0 Å². The predicted molar refractivity (Wildman–Crippen MR) is 110 cm³/mol. The minimum atomic E-state index is 0. The largest absolute Gasteiger partial charge is 0.355 e. The number of hydrogen-bond donors (Lipinski definition) is 1. The number of benzene rings is 1. The highest BCUT2D eigenvalue weighted by atomic mass is 127. The first-order valence-electron chi connectivity index (χ1n) is 8.42. The Kier molecular flexibility index (Phi) is 8.91. The molecule has 0 bridgehead atoms. The number of nitrogens with one attached hydrogen (secondary N) is 1. The van der Waals surface area contributed by atoms with Gasteiger partial charge in [-0.1, -0.05) is 31.2 Å². The number of hydrogen-bond acceptors (Lipinski definition) is 2. The molecule has 0 fully saturated rings. The standard InChI is InChI=1S/C18H30N4.HI/c1-5-21(15(2)3)13-11-20-18(19-4)22-12-10-16-8-6-7-9-17(16)14-22;/h6-9,15H,5,10-14H2,1-4H3,(H,19,20);1H. The number of likely N-dealkylation sites (N-methyl/N-ethyl adjacent to an activating group) is 1. The van der Waals surface area contributed by atoms with E-state index < -0.39 is 0 Å². The first kappa shape index (κ1) is 20.2. The summed E-state index contributed by atoms with van der Waals surface area (Å²) in [5, 5.41) is 3.52. The number of guanidine groups is 1. The molecule has 1 aliphatic heterocycles. The predicted octanol–water partition coefficient (Wildman–Crippen LogP) is 2.97. The third-order valence-corrected chi connectivity index (χ3v) is 4.46. The summed E-state index contributed by atoms with van der Waals surface area (Å²) in [6.45, 7) is 11.8. The Bertz CT molecular complexity index is 502. The van der Waals surface area contributed by atoms with E-state index in [1.54, 1.807) is 0 Å². The third kappa shape index (κ3) is 5.64. The first-order valence-corrected chi connectivity index (χ1v) is 8.42. The molecule has 0 saturated heterocycles. The van der Waals surface area contributed by atoms with E-state index in [2.05, 4.69) is 65.1 Å². The fourth-order valence-electron chi connectivity index (χ4n) is 3.10. The lowest BCUT2D eigenvalue weighted by molar-refractivity contribution is 0.236. The van der Waals surface area contributed by atoms with E-state index in [-0.39, 0.29) is 24.0 Å². The zero-order valence-corrected chi connectivity index (χ0v) is 17.2. The lowest BCUT2D eigenvalue weighted by atomic mass is 10.0. The summed E-state index contributed by atoms with van der Waals surface area (Å²) >= 11 is 0. The van der Waals surface area contributed by atoms with Gasteiger partial charge in [0.2, 0.25) is 0 Å². The average molecular weight is 430 g/mol. The fourth-order valence-corrected chi connectivity index (χ4v) is 3.10. The van der Waals surface area contributed by atoms with Gasteiger partial charge in [-0.05, 0) is 37.9 Å². The number of fused-ring (bicyclic) bond motifs is 1. The second-order valence-electron chi connectivity index (χ2n) is 6.14. The summed E-state index contributed by atoms with van der Waals surface area (Å²) in [5.41, 5.74) is 2.90. The summed E-state index contributed by atoms with van der Waals surface area (Å²) in [5.74, 6) is 1.02. The van der Waals surface area contributed by atoms with E-state index in [0.29, 0.717) is 6.04 Å². The van der Waals surface area contributed by atoms with Crippen LogP contribution in [-0.4, -0.2) is 55.0 Å². The highest BCUT2D eigenvalue weighted by Gasteiger charge is 2.18. The summed E-state index contributed by atoms with van der Waals surface area (Å²) in [7, 11) is 1.88. The molecule has 130 valence electrons. The second-order valence-corrected chi connectivity index (χ2v) is 6.14. The molecule has 0 spiro atoms. The molecular weight excluding hydrogens is 399 g/mol. The van der Waals surface area contributed by atoms with Gasteiger partial charge in [0, 0.05) is 39.3 Å². The van der Waals surface area contributed by atoms with E-state index in [4.69, 9.17) is 0 Å². The van der Waals surface area contributed by atoms with Crippen molar-refractivity contribution in [2.75, 3.05) is 33.2 Å². The molecule has 0 radical (unpaired) electrons. The van der Waals surface area contributed by atoms with Crippen LogP contribution in [0.2, 0.25) is 0 Å². The minimum absolute atomic E-state index is 0. The van der Waals surface area contributed by atoms with Crippen molar-refractivity contribution < 1.29 is 0 Å². The molecule has 0 saturated carbocycles. The van der Waals surface area contributed by atoms with Crippen molar-refractivity contribution in [1.29, 1.82) is 0 Å². The van der Waals surface area contributed by atoms with Gasteiger partial charge in [0.05, 0.1) is 0 Å². The van der Waals surface area contributed by atoms with Gasteiger partial charge in [0.15, 0.2) is 5.96 Å². The van der Waals surface area contributed by atoms with Crippen LogP contribution >= 0.6 is 24.0 Å². The molecule has 0 amide bonds. The Balaban J connectivity index is 0.00000264. The lowest BCUT2D eigenvalue weighted by Crippen LogP contribution is -2.46. The summed E-state index contributed by atoms with van der Waals surface area (Å²) < 4.78 is 0. The number of aliphatic imine (C=N–C) groups is 1. The van der Waals surface area contributed by atoms with Gasteiger partial charge in [-0.3, -0.25) is 9.89 Å². The summed E-state index contributed by atoms with van der Waals surface area (Å²) in [6, 6.07) is 9.32. The van der Waals surface area contributed by atoms with Crippen LogP contribution in [-0.2, 0) is 13.0 Å². The van der Waals surface area contributed by atoms with Crippen molar-refractivity contribution in [3.8, 4) is 0 Å². The Morgan fingerprint density at radius 2 is 2.00 bits per heavy atom. The average Bonchev–Trinajstić information content (AvgIpc) is 2.54. The monoisotopic (exact) mass is 430 g/mol. The highest BCUT2D eigenvalue weighted by molar-refractivity contribution is 14.0. The SMILES string of the molecule is CCN(CCNC(=NC)N1CCc2ccccc2C1)C(C)C.I. The highest BCUT2D eigenvalue weighted by Crippen LogP contribution is 2.18. The minimum Gasteiger partial charge on any atom is -0.355 e.